The third kappa shape index (κ3) is 4.77. The highest BCUT2D eigenvalue weighted by Gasteiger charge is 2.15. The normalized spacial score (nSPS) is 12.3. The molecule has 178 valence electrons. The molecule has 8 heteroatoms. The molecule has 0 radical (unpaired) electrons. The van der Waals surface area contributed by atoms with Crippen molar-refractivity contribution >= 4 is 12.1 Å². The van der Waals surface area contributed by atoms with Crippen LogP contribution >= 0.6 is 0 Å². The van der Waals surface area contributed by atoms with Gasteiger partial charge in [0, 0.05) is 22.6 Å². The fourth-order valence-electron chi connectivity index (χ4n) is 3.91. The molecule has 0 saturated carbocycles. The Morgan fingerprint density at radius 1 is 1.00 bits per heavy atom. The number of furan rings is 1. The van der Waals surface area contributed by atoms with Crippen molar-refractivity contribution < 1.29 is 23.4 Å². The number of rotatable bonds is 7. The van der Waals surface area contributed by atoms with E-state index in [1.165, 1.54) is 11.4 Å². The van der Waals surface area contributed by atoms with Crippen LogP contribution in [0, 0.1) is 20.8 Å². The molecule has 8 nitrogen and oxygen atoms in total. The number of nitrogens with zero attached hydrogens (tertiary/aromatic N) is 2. The molecule has 0 fully saturated rings. The zero-order valence-electron chi connectivity index (χ0n) is 19.7. The van der Waals surface area contributed by atoms with Gasteiger partial charge in [0.05, 0.1) is 6.21 Å². The van der Waals surface area contributed by atoms with Gasteiger partial charge in [0.15, 0.2) is 17.3 Å². The van der Waals surface area contributed by atoms with Gasteiger partial charge in [-0.25, -0.2) is 5.43 Å². The first-order valence-electron chi connectivity index (χ1n) is 11.2. The van der Waals surface area contributed by atoms with Crippen LogP contribution in [0.1, 0.15) is 38.8 Å². The molecular formula is C27H25N3O5. The van der Waals surface area contributed by atoms with E-state index in [-0.39, 0.29) is 19.2 Å². The lowest BCUT2D eigenvalue weighted by atomic mass is 10.1. The highest BCUT2D eigenvalue weighted by molar-refractivity contribution is 5.92. The topological polar surface area (TPSA) is 87.2 Å². The number of nitrogens with one attached hydrogen (secondary N) is 1. The Morgan fingerprint density at radius 3 is 2.46 bits per heavy atom. The first-order valence-corrected chi connectivity index (χ1v) is 11.2. The van der Waals surface area contributed by atoms with E-state index in [0.717, 1.165) is 16.8 Å². The van der Waals surface area contributed by atoms with Gasteiger partial charge >= 0.3 is 5.91 Å². The van der Waals surface area contributed by atoms with E-state index < -0.39 is 5.91 Å². The van der Waals surface area contributed by atoms with E-state index >= 15 is 0 Å². The van der Waals surface area contributed by atoms with Crippen LogP contribution in [0.5, 0.6) is 17.2 Å². The summed E-state index contributed by atoms with van der Waals surface area (Å²) < 4.78 is 24.4. The number of benzene rings is 2. The van der Waals surface area contributed by atoms with Crippen molar-refractivity contribution in [2.45, 2.75) is 27.4 Å². The summed E-state index contributed by atoms with van der Waals surface area (Å²) in [5.41, 5.74) is 7.67. The first-order chi connectivity index (χ1) is 17.0. The van der Waals surface area contributed by atoms with Crippen LogP contribution in [0.3, 0.4) is 0 Å². The standard InChI is InChI=1S/C27H25N3O5/c1-17-12-25-26(34-16-33-25)13-20(17)14-28-29-27(31)24-11-10-23(35-24)15-32-22-8-6-21(7-9-22)30-18(2)4-5-19(30)3/h4-14H,15-16H2,1-3H3,(H,29,31)/b28-14+. The van der Waals surface area contributed by atoms with Crippen LogP contribution in [0.2, 0.25) is 0 Å². The number of hydrogen-bond acceptors (Lipinski definition) is 6. The van der Waals surface area contributed by atoms with Crippen LogP contribution in [0.15, 0.2) is 70.2 Å². The third-order valence-corrected chi connectivity index (χ3v) is 5.76. The molecule has 3 heterocycles. The van der Waals surface area contributed by atoms with E-state index in [1.54, 1.807) is 18.3 Å². The van der Waals surface area contributed by atoms with Crippen molar-refractivity contribution in [3.8, 4) is 22.9 Å². The molecule has 0 aliphatic carbocycles. The molecule has 0 atom stereocenters. The molecule has 2 aromatic heterocycles. The maximum absolute atomic E-state index is 12.4. The molecule has 1 aliphatic heterocycles. The molecule has 0 bridgehead atoms. The van der Waals surface area contributed by atoms with Crippen LogP contribution in [-0.4, -0.2) is 23.5 Å². The zero-order valence-corrected chi connectivity index (χ0v) is 19.7. The molecule has 4 aromatic rings. The van der Waals surface area contributed by atoms with Crippen molar-refractivity contribution in [3.05, 3.63) is 94.7 Å². The van der Waals surface area contributed by atoms with Gasteiger partial charge in [-0.3, -0.25) is 4.79 Å². The Labute approximate surface area is 202 Å². The molecule has 0 saturated heterocycles. The summed E-state index contributed by atoms with van der Waals surface area (Å²) in [4.78, 5) is 12.4. The first kappa shape index (κ1) is 22.3. The highest BCUT2D eigenvalue weighted by atomic mass is 16.7. The summed E-state index contributed by atoms with van der Waals surface area (Å²) in [6.07, 6.45) is 1.56. The highest BCUT2D eigenvalue weighted by Crippen LogP contribution is 2.34. The molecule has 0 spiro atoms. The van der Waals surface area contributed by atoms with Gasteiger partial charge in [0.1, 0.15) is 18.1 Å². The predicted octanol–water partition coefficient (Wildman–Crippen LogP) is 5.07. The van der Waals surface area contributed by atoms with Gasteiger partial charge < -0.3 is 23.2 Å². The summed E-state index contributed by atoms with van der Waals surface area (Å²) in [6, 6.07) is 19.0. The second-order valence-electron chi connectivity index (χ2n) is 8.26. The van der Waals surface area contributed by atoms with Crippen molar-refractivity contribution in [3.63, 3.8) is 0 Å². The largest absolute Gasteiger partial charge is 0.486 e. The van der Waals surface area contributed by atoms with E-state index in [2.05, 4.69) is 41.1 Å². The SMILES string of the molecule is Cc1cc2c(cc1/C=N/NC(=O)c1ccc(COc3ccc(-n4c(C)ccc4C)cc3)o1)OCO2. The molecule has 0 unspecified atom stereocenters. The number of aromatic nitrogens is 1. The molecule has 5 rings (SSSR count). The molecule has 1 amide bonds. The second kappa shape index (κ2) is 9.42. The quantitative estimate of drug-likeness (QED) is 0.300. The van der Waals surface area contributed by atoms with Crippen molar-refractivity contribution in [1.29, 1.82) is 0 Å². The number of hydrogen-bond donors (Lipinski definition) is 1. The number of amides is 1. The number of fused-ring (bicyclic) bond motifs is 1. The van der Waals surface area contributed by atoms with Crippen molar-refractivity contribution in [2.24, 2.45) is 5.10 Å². The van der Waals surface area contributed by atoms with Gasteiger partial charge in [0.2, 0.25) is 6.79 Å². The summed E-state index contributed by atoms with van der Waals surface area (Å²) in [5.74, 6) is 2.30. The van der Waals surface area contributed by atoms with Gasteiger partial charge in [-0.2, -0.15) is 5.10 Å². The number of carbonyl (C=O) groups is 1. The van der Waals surface area contributed by atoms with E-state index in [1.807, 2.05) is 43.3 Å². The minimum Gasteiger partial charge on any atom is -0.486 e. The number of carbonyl (C=O) groups excluding carboxylic acids is 1. The van der Waals surface area contributed by atoms with Gasteiger partial charge in [-0.1, -0.05) is 0 Å². The molecule has 2 aromatic carbocycles. The fraction of sp³-hybridized carbons (Fsp3) is 0.185. The summed E-state index contributed by atoms with van der Waals surface area (Å²) in [6.45, 7) is 6.49. The average molecular weight is 472 g/mol. The van der Waals surface area contributed by atoms with E-state index in [9.17, 15) is 4.79 Å². The van der Waals surface area contributed by atoms with Crippen molar-refractivity contribution in [2.75, 3.05) is 6.79 Å². The van der Waals surface area contributed by atoms with E-state index in [4.69, 9.17) is 18.6 Å². The Kier molecular flexibility index (Phi) is 6.01. The maximum atomic E-state index is 12.4. The van der Waals surface area contributed by atoms with Crippen LogP contribution < -0.4 is 19.6 Å². The van der Waals surface area contributed by atoms with Gasteiger partial charge in [0.25, 0.3) is 0 Å². The summed E-state index contributed by atoms with van der Waals surface area (Å²) in [7, 11) is 0. The monoisotopic (exact) mass is 471 g/mol. The summed E-state index contributed by atoms with van der Waals surface area (Å²) >= 11 is 0. The Balaban J connectivity index is 1.16. The Hall–Kier alpha value is -4.46. The Morgan fingerprint density at radius 2 is 1.71 bits per heavy atom. The predicted molar refractivity (Wildman–Crippen MR) is 131 cm³/mol. The lowest BCUT2D eigenvalue weighted by Gasteiger charge is -2.10. The number of hydrazone groups is 1. The lowest BCUT2D eigenvalue weighted by Crippen LogP contribution is -2.16. The van der Waals surface area contributed by atoms with Gasteiger partial charge in [-0.15, -0.1) is 0 Å². The van der Waals surface area contributed by atoms with Crippen LogP contribution in [0.25, 0.3) is 5.69 Å². The minimum absolute atomic E-state index is 0.150. The molecular weight excluding hydrogens is 446 g/mol. The van der Waals surface area contributed by atoms with Crippen LogP contribution in [-0.2, 0) is 6.61 Å². The second-order valence-corrected chi connectivity index (χ2v) is 8.26. The zero-order chi connectivity index (χ0) is 24.4. The van der Waals surface area contributed by atoms with E-state index in [0.29, 0.717) is 23.0 Å². The Bertz CT molecular complexity index is 1380. The minimum atomic E-state index is -0.451. The maximum Gasteiger partial charge on any atom is 0.307 e. The number of ether oxygens (including phenoxy) is 3. The van der Waals surface area contributed by atoms with Crippen molar-refractivity contribution in [1.82, 2.24) is 9.99 Å². The molecule has 1 N–H and O–H groups in total. The van der Waals surface area contributed by atoms with Crippen LogP contribution in [0.4, 0.5) is 0 Å². The molecule has 1 aliphatic rings. The number of aryl methyl sites for hydroxylation is 3. The molecule has 35 heavy (non-hydrogen) atoms. The van der Waals surface area contributed by atoms with Gasteiger partial charge in [-0.05, 0) is 87.0 Å². The smallest absolute Gasteiger partial charge is 0.307 e. The lowest BCUT2D eigenvalue weighted by molar-refractivity contribution is 0.0923. The average Bonchev–Trinajstić information content (AvgIpc) is 3.58. The third-order valence-electron chi connectivity index (χ3n) is 5.76. The fourth-order valence-corrected chi connectivity index (χ4v) is 3.91. The summed E-state index contributed by atoms with van der Waals surface area (Å²) in [5, 5.41) is 4.03.